The fourth-order valence-corrected chi connectivity index (χ4v) is 4.03. The molecule has 1 aromatic carbocycles. The predicted molar refractivity (Wildman–Crippen MR) is 107 cm³/mol. The molecule has 3 aromatic rings. The van der Waals surface area contributed by atoms with E-state index in [0.717, 1.165) is 24.2 Å². The zero-order chi connectivity index (χ0) is 21.5. The van der Waals surface area contributed by atoms with Gasteiger partial charge in [-0.3, -0.25) is 9.20 Å². The Hall–Kier alpha value is -2.32. The molecule has 0 bridgehead atoms. The van der Waals surface area contributed by atoms with E-state index in [-0.39, 0.29) is 18.2 Å². The fraction of sp³-hybridized carbons (Fsp3) is 0.350. The summed E-state index contributed by atoms with van der Waals surface area (Å²) in [6.07, 6.45) is -1.83. The third-order valence-electron chi connectivity index (χ3n) is 5.23. The van der Waals surface area contributed by atoms with Crippen LogP contribution in [0.1, 0.15) is 35.7 Å². The average molecular weight is 457 g/mol. The van der Waals surface area contributed by atoms with Crippen molar-refractivity contribution in [2.45, 2.75) is 31.4 Å². The number of amides is 1. The first-order chi connectivity index (χ1) is 14.2. The molecule has 1 fully saturated rings. The Balaban J connectivity index is 1.53. The number of carbonyl (C=O) groups is 1. The second kappa shape index (κ2) is 8.07. The van der Waals surface area contributed by atoms with Crippen molar-refractivity contribution in [3.63, 3.8) is 0 Å². The van der Waals surface area contributed by atoms with Crippen LogP contribution in [0.15, 0.2) is 36.5 Å². The van der Waals surface area contributed by atoms with Crippen molar-refractivity contribution in [3.05, 3.63) is 63.5 Å². The molecule has 0 spiro atoms. The minimum Gasteiger partial charge on any atom is -0.342 e. The maximum Gasteiger partial charge on any atom is 0.417 e. The highest BCUT2D eigenvalue weighted by atomic mass is 35.5. The zero-order valence-electron chi connectivity index (χ0n) is 15.7. The van der Waals surface area contributed by atoms with Crippen LogP contribution in [0.3, 0.4) is 0 Å². The van der Waals surface area contributed by atoms with Crippen molar-refractivity contribution < 1.29 is 18.0 Å². The Labute approximate surface area is 180 Å². The quantitative estimate of drug-likeness (QED) is 0.556. The highest BCUT2D eigenvalue weighted by Crippen LogP contribution is 2.31. The Morgan fingerprint density at radius 3 is 2.67 bits per heavy atom. The van der Waals surface area contributed by atoms with E-state index in [1.165, 1.54) is 10.5 Å². The highest BCUT2D eigenvalue weighted by molar-refractivity contribution is 6.42. The topological polar surface area (TPSA) is 50.5 Å². The number of carbonyl (C=O) groups excluding carboxylic acids is 1. The predicted octanol–water partition coefficient (Wildman–Crippen LogP) is 5.00. The lowest BCUT2D eigenvalue weighted by atomic mass is 9.96. The van der Waals surface area contributed by atoms with Gasteiger partial charge in [0.25, 0.3) is 0 Å². The van der Waals surface area contributed by atoms with E-state index < -0.39 is 11.7 Å². The van der Waals surface area contributed by atoms with E-state index in [2.05, 4.69) is 10.2 Å². The summed E-state index contributed by atoms with van der Waals surface area (Å²) in [5.74, 6) is 0.154. The molecule has 0 saturated carbocycles. The van der Waals surface area contributed by atoms with Crippen LogP contribution < -0.4 is 0 Å². The summed E-state index contributed by atoms with van der Waals surface area (Å²) in [6.45, 7) is 0.957. The summed E-state index contributed by atoms with van der Waals surface area (Å²) < 4.78 is 40.7. The molecule has 0 radical (unpaired) electrons. The van der Waals surface area contributed by atoms with Crippen molar-refractivity contribution in [3.8, 4) is 0 Å². The third-order valence-corrected chi connectivity index (χ3v) is 5.97. The number of rotatable bonds is 3. The van der Waals surface area contributed by atoms with Crippen LogP contribution in [0.5, 0.6) is 0 Å². The van der Waals surface area contributed by atoms with Gasteiger partial charge >= 0.3 is 6.18 Å². The second-order valence-electron chi connectivity index (χ2n) is 7.31. The lowest BCUT2D eigenvalue weighted by Crippen LogP contribution is -2.40. The molecule has 1 atom stereocenters. The van der Waals surface area contributed by atoms with Crippen LogP contribution in [0, 0.1) is 0 Å². The van der Waals surface area contributed by atoms with E-state index in [4.69, 9.17) is 23.2 Å². The number of hydrogen-bond donors (Lipinski definition) is 0. The summed E-state index contributed by atoms with van der Waals surface area (Å²) in [5.41, 5.74) is 0.330. The number of benzene rings is 1. The van der Waals surface area contributed by atoms with Gasteiger partial charge in [-0.05, 0) is 42.7 Å². The van der Waals surface area contributed by atoms with Crippen LogP contribution in [-0.4, -0.2) is 38.5 Å². The Morgan fingerprint density at radius 2 is 1.93 bits per heavy atom. The smallest absolute Gasteiger partial charge is 0.342 e. The van der Waals surface area contributed by atoms with Gasteiger partial charge in [0.15, 0.2) is 5.65 Å². The Morgan fingerprint density at radius 1 is 1.13 bits per heavy atom. The molecule has 1 amide bonds. The van der Waals surface area contributed by atoms with Gasteiger partial charge in [0.2, 0.25) is 5.91 Å². The molecule has 1 aliphatic rings. The first-order valence-electron chi connectivity index (χ1n) is 9.36. The summed E-state index contributed by atoms with van der Waals surface area (Å²) >= 11 is 11.9. The zero-order valence-corrected chi connectivity index (χ0v) is 17.2. The maximum absolute atomic E-state index is 13.1. The molecule has 1 saturated heterocycles. The maximum atomic E-state index is 13.1. The van der Waals surface area contributed by atoms with Crippen molar-refractivity contribution >= 4 is 34.8 Å². The van der Waals surface area contributed by atoms with Gasteiger partial charge in [-0.1, -0.05) is 29.3 Å². The van der Waals surface area contributed by atoms with Gasteiger partial charge < -0.3 is 4.90 Å². The number of halogens is 5. The number of nitrogens with zero attached hydrogens (tertiary/aromatic N) is 4. The first-order valence-corrected chi connectivity index (χ1v) is 10.1. The average Bonchev–Trinajstić information content (AvgIpc) is 3.13. The van der Waals surface area contributed by atoms with Gasteiger partial charge in [-0.25, -0.2) is 0 Å². The van der Waals surface area contributed by atoms with Crippen LogP contribution >= 0.6 is 23.2 Å². The molecule has 2 aromatic heterocycles. The summed E-state index contributed by atoms with van der Waals surface area (Å²) in [5, 5.41) is 8.91. The minimum atomic E-state index is -4.45. The minimum absolute atomic E-state index is 0.0807. The number of fused-ring (bicyclic) bond motifs is 1. The largest absolute Gasteiger partial charge is 0.417 e. The lowest BCUT2D eigenvalue weighted by molar-refractivity contribution is -0.137. The Bertz CT molecular complexity index is 1100. The summed E-state index contributed by atoms with van der Waals surface area (Å²) in [7, 11) is 0. The number of piperidine rings is 1. The summed E-state index contributed by atoms with van der Waals surface area (Å²) in [6, 6.07) is 7.34. The number of pyridine rings is 1. The van der Waals surface area contributed by atoms with Crippen LogP contribution in [0.2, 0.25) is 10.0 Å². The van der Waals surface area contributed by atoms with E-state index >= 15 is 0 Å². The molecule has 0 aliphatic carbocycles. The number of aromatic nitrogens is 3. The molecule has 5 nitrogen and oxygen atoms in total. The third kappa shape index (κ3) is 4.25. The van der Waals surface area contributed by atoms with Crippen LogP contribution in [-0.2, 0) is 17.4 Å². The molecule has 30 heavy (non-hydrogen) atoms. The van der Waals surface area contributed by atoms with E-state index in [1.807, 2.05) is 0 Å². The van der Waals surface area contributed by atoms with Gasteiger partial charge in [0, 0.05) is 25.2 Å². The van der Waals surface area contributed by atoms with E-state index in [1.54, 1.807) is 23.1 Å². The lowest BCUT2D eigenvalue weighted by Gasteiger charge is -2.32. The SMILES string of the molecule is O=C(Cc1ccc(Cl)c(Cl)c1)N1CCCC(c2nnc3ccc(C(F)(F)F)cn23)C1. The molecule has 1 unspecified atom stereocenters. The molecule has 158 valence electrons. The standard InChI is InChI=1S/C20H17Cl2F3N4O/c21-15-5-3-12(8-16(15)22)9-18(30)28-7-1-2-13(10-28)19-27-26-17-6-4-14(11-29(17)19)20(23,24)25/h3-6,8,11,13H,1-2,7,9-10H2. The normalized spacial score (nSPS) is 17.5. The second-order valence-corrected chi connectivity index (χ2v) is 8.12. The highest BCUT2D eigenvalue weighted by Gasteiger charge is 2.32. The van der Waals surface area contributed by atoms with Gasteiger partial charge in [0.1, 0.15) is 5.82 Å². The van der Waals surface area contributed by atoms with Gasteiger partial charge in [-0.15, -0.1) is 10.2 Å². The van der Waals surface area contributed by atoms with Crippen LogP contribution in [0.4, 0.5) is 13.2 Å². The molecule has 0 N–H and O–H groups in total. The fourth-order valence-electron chi connectivity index (χ4n) is 3.70. The van der Waals surface area contributed by atoms with Crippen molar-refractivity contribution in [2.75, 3.05) is 13.1 Å². The molecular formula is C20H17Cl2F3N4O. The van der Waals surface area contributed by atoms with Gasteiger partial charge in [0.05, 0.1) is 22.0 Å². The van der Waals surface area contributed by atoms with E-state index in [0.29, 0.717) is 41.0 Å². The van der Waals surface area contributed by atoms with Crippen molar-refractivity contribution in [1.29, 1.82) is 0 Å². The summed E-state index contributed by atoms with van der Waals surface area (Å²) in [4.78, 5) is 14.5. The van der Waals surface area contributed by atoms with Gasteiger partial charge in [-0.2, -0.15) is 13.2 Å². The first kappa shape index (κ1) is 20.9. The van der Waals surface area contributed by atoms with E-state index in [9.17, 15) is 18.0 Å². The van der Waals surface area contributed by atoms with Crippen LogP contribution in [0.25, 0.3) is 5.65 Å². The van der Waals surface area contributed by atoms with Crippen molar-refractivity contribution in [2.24, 2.45) is 0 Å². The molecule has 3 heterocycles. The Kier molecular flexibility index (Phi) is 5.63. The molecule has 1 aliphatic heterocycles. The number of hydrogen-bond acceptors (Lipinski definition) is 3. The number of likely N-dealkylation sites (tertiary alicyclic amines) is 1. The molecule has 4 rings (SSSR count). The number of alkyl halides is 3. The van der Waals surface area contributed by atoms with Crippen molar-refractivity contribution in [1.82, 2.24) is 19.5 Å². The molecular weight excluding hydrogens is 440 g/mol. The monoisotopic (exact) mass is 456 g/mol. The molecule has 10 heteroatoms.